The lowest BCUT2D eigenvalue weighted by atomic mass is 10.0. The van der Waals surface area contributed by atoms with Crippen LogP contribution >= 0.6 is 0 Å². The summed E-state index contributed by atoms with van der Waals surface area (Å²) in [5.41, 5.74) is 0. The Bertz CT molecular complexity index is 243. The Balaban J connectivity index is 0.000000531. The molecule has 1 unspecified atom stereocenters. The van der Waals surface area contributed by atoms with Gasteiger partial charge in [-0.3, -0.25) is 4.90 Å². The van der Waals surface area contributed by atoms with E-state index in [1.807, 2.05) is 26.2 Å². The Kier molecular flexibility index (Phi) is 5.40. The highest BCUT2D eigenvalue weighted by molar-refractivity contribution is 4.87. The predicted molar refractivity (Wildman–Crippen MR) is 63.6 cm³/mol. The minimum atomic E-state index is 0.851. The summed E-state index contributed by atoms with van der Waals surface area (Å²) >= 11 is 0. The van der Waals surface area contributed by atoms with Gasteiger partial charge in [0.25, 0.3) is 0 Å². The Labute approximate surface area is 92.9 Å². The molecule has 2 heterocycles. The first-order chi connectivity index (χ1) is 7.34. The summed E-state index contributed by atoms with van der Waals surface area (Å²) in [5, 5.41) is 0. The molecule has 0 aromatic carbocycles. The van der Waals surface area contributed by atoms with E-state index < -0.39 is 0 Å². The van der Waals surface area contributed by atoms with Crippen molar-refractivity contribution in [2.75, 3.05) is 13.1 Å². The molecule has 3 nitrogen and oxygen atoms in total. The van der Waals surface area contributed by atoms with Gasteiger partial charge in [0.1, 0.15) is 5.82 Å². The van der Waals surface area contributed by atoms with Gasteiger partial charge in [0.2, 0.25) is 0 Å². The fraction of sp³-hybridized carbons (Fsp3) is 0.750. The number of piperidine rings is 1. The summed E-state index contributed by atoms with van der Waals surface area (Å²) < 4.78 is 0. The number of hydrogen-bond donors (Lipinski definition) is 1. The van der Waals surface area contributed by atoms with Crippen LogP contribution in [0.3, 0.4) is 0 Å². The van der Waals surface area contributed by atoms with Gasteiger partial charge >= 0.3 is 0 Å². The molecule has 1 aliphatic rings. The fourth-order valence-corrected chi connectivity index (χ4v) is 2.03. The molecule has 1 aromatic rings. The van der Waals surface area contributed by atoms with Gasteiger partial charge in [-0.2, -0.15) is 0 Å². The molecule has 86 valence electrons. The van der Waals surface area contributed by atoms with Crippen LogP contribution in [0.1, 0.15) is 39.4 Å². The van der Waals surface area contributed by atoms with Gasteiger partial charge < -0.3 is 4.98 Å². The third-order valence-electron chi connectivity index (χ3n) is 2.67. The molecule has 1 atom stereocenters. The first-order valence-electron chi connectivity index (χ1n) is 6.05. The third-order valence-corrected chi connectivity index (χ3v) is 2.67. The summed E-state index contributed by atoms with van der Waals surface area (Å²) in [6.45, 7) is 9.76. The van der Waals surface area contributed by atoms with Crippen LogP contribution < -0.4 is 0 Å². The van der Waals surface area contributed by atoms with Crippen LogP contribution in [0.15, 0.2) is 12.4 Å². The van der Waals surface area contributed by atoms with E-state index in [1.165, 1.54) is 25.9 Å². The first-order valence-corrected chi connectivity index (χ1v) is 6.05. The van der Waals surface area contributed by atoms with Crippen LogP contribution in [0, 0.1) is 5.92 Å². The van der Waals surface area contributed by atoms with Crippen LogP contribution in [0.4, 0.5) is 0 Å². The molecule has 3 heteroatoms. The number of rotatable bonds is 2. The van der Waals surface area contributed by atoms with Crippen LogP contribution in [0.25, 0.3) is 0 Å². The normalized spacial score (nSPS) is 21.9. The zero-order valence-corrected chi connectivity index (χ0v) is 10.2. The summed E-state index contributed by atoms with van der Waals surface area (Å²) in [6.07, 6.45) is 6.43. The van der Waals surface area contributed by atoms with Crippen LogP contribution in [0.5, 0.6) is 0 Å². The zero-order chi connectivity index (χ0) is 11.1. The molecule has 15 heavy (non-hydrogen) atoms. The third kappa shape index (κ3) is 4.04. The molecule has 1 N–H and O–H groups in total. The summed E-state index contributed by atoms with van der Waals surface area (Å²) in [5.74, 6) is 1.94. The highest BCUT2D eigenvalue weighted by Crippen LogP contribution is 2.16. The van der Waals surface area contributed by atoms with Crippen LogP contribution in [-0.2, 0) is 6.54 Å². The van der Waals surface area contributed by atoms with Crippen molar-refractivity contribution in [1.82, 2.24) is 14.9 Å². The zero-order valence-electron chi connectivity index (χ0n) is 10.2. The molecule has 1 aliphatic heterocycles. The van der Waals surface area contributed by atoms with Crippen molar-refractivity contribution >= 4 is 0 Å². The molecule has 2 rings (SSSR count). The van der Waals surface area contributed by atoms with E-state index in [4.69, 9.17) is 0 Å². The Hall–Kier alpha value is -0.830. The first kappa shape index (κ1) is 12.2. The van der Waals surface area contributed by atoms with Crippen molar-refractivity contribution < 1.29 is 0 Å². The smallest absolute Gasteiger partial charge is 0.120 e. The average Bonchev–Trinajstić information content (AvgIpc) is 2.74. The molecule has 0 bridgehead atoms. The van der Waals surface area contributed by atoms with Crippen molar-refractivity contribution in [3.05, 3.63) is 18.2 Å². The van der Waals surface area contributed by atoms with E-state index in [2.05, 4.69) is 21.8 Å². The molecule has 1 aromatic heterocycles. The number of hydrogen-bond acceptors (Lipinski definition) is 2. The van der Waals surface area contributed by atoms with E-state index in [-0.39, 0.29) is 0 Å². The van der Waals surface area contributed by atoms with Gasteiger partial charge in [-0.05, 0) is 25.3 Å². The van der Waals surface area contributed by atoms with Crippen molar-refractivity contribution in [2.45, 2.75) is 40.2 Å². The lowest BCUT2D eigenvalue weighted by molar-refractivity contribution is 0.173. The SMILES string of the molecule is CC.CC1CCCN(Cc2ncc[nH]2)C1. The van der Waals surface area contributed by atoms with E-state index in [9.17, 15) is 0 Å². The van der Waals surface area contributed by atoms with E-state index in [0.717, 1.165) is 18.3 Å². The van der Waals surface area contributed by atoms with Crippen LogP contribution in [-0.4, -0.2) is 28.0 Å². The molecule has 0 spiro atoms. The molecular weight excluding hydrogens is 186 g/mol. The predicted octanol–water partition coefficient (Wildman–Crippen LogP) is 2.67. The molecule has 0 saturated carbocycles. The Morgan fingerprint density at radius 1 is 1.53 bits per heavy atom. The quantitative estimate of drug-likeness (QED) is 0.812. The van der Waals surface area contributed by atoms with E-state index in [0.29, 0.717) is 0 Å². The lowest BCUT2D eigenvalue weighted by Crippen LogP contribution is -2.34. The summed E-state index contributed by atoms with van der Waals surface area (Å²) in [6, 6.07) is 0. The number of imidazole rings is 1. The second-order valence-electron chi connectivity index (χ2n) is 4.02. The van der Waals surface area contributed by atoms with Crippen molar-refractivity contribution in [1.29, 1.82) is 0 Å². The van der Waals surface area contributed by atoms with Crippen molar-refractivity contribution in [2.24, 2.45) is 5.92 Å². The molecular formula is C12H23N3. The highest BCUT2D eigenvalue weighted by atomic mass is 15.2. The lowest BCUT2D eigenvalue weighted by Gasteiger charge is -2.29. The second kappa shape index (κ2) is 6.62. The number of H-pyrrole nitrogens is 1. The Morgan fingerprint density at radius 2 is 2.33 bits per heavy atom. The number of nitrogens with zero attached hydrogens (tertiary/aromatic N) is 2. The van der Waals surface area contributed by atoms with Crippen LogP contribution in [0.2, 0.25) is 0 Å². The van der Waals surface area contributed by atoms with Gasteiger partial charge in [-0.25, -0.2) is 4.98 Å². The second-order valence-corrected chi connectivity index (χ2v) is 4.02. The number of nitrogens with one attached hydrogen (secondary N) is 1. The molecule has 0 aliphatic carbocycles. The monoisotopic (exact) mass is 209 g/mol. The minimum absolute atomic E-state index is 0.851. The maximum atomic E-state index is 4.24. The maximum absolute atomic E-state index is 4.24. The maximum Gasteiger partial charge on any atom is 0.120 e. The van der Waals surface area contributed by atoms with Gasteiger partial charge in [0.05, 0.1) is 6.54 Å². The average molecular weight is 209 g/mol. The highest BCUT2D eigenvalue weighted by Gasteiger charge is 2.16. The number of aromatic amines is 1. The van der Waals surface area contributed by atoms with Gasteiger partial charge in [0.15, 0.2) is 0 Å². The van der Waals surface area contributed by atoms with E-state index >= 15 is 0 Å². The standard InChI is InChI=1S/C10H17N3.C2H6/c1-9-3-2-6-13(7-9)8-10-11-4-5-12-10;1-2/h4-5,9H,2-3,6-8H2,1H3,(H,11,12);1-2H3. The number of aromatic nitrogens is 2. The minimum Gasteiger partial charge on any atom is -0.348 e. The van der Waals surface area contributed by atoms with Gasteiger partial charge in [0, 0.05) is 18.9 Å². The number of likely N-dealkylation sites (tertiary alicyclic amines) is 1. The molecule has 1 saturated heterocycles. The molecule has 1 fully saturated rings. The molecule has 0 radical (unpaired) electrons. The van der Waals surface area contributed by atoms with Crippen molar-refractivity contribution in [3.63, 3.8) is 0 Å². The van der Waals surface area contributed by atoms with Gasteiger partial charge in [-0.1, -0.05) is 20.8 Å². The van der Waals surface area contributed by atoms with E-state index in [1.54, 1.807) is 0 Å². The van der Waals surface area contributed by atoms with Crippen molar-refractivity contribution in [3.8, 4) is 0 Å². The van der Waals surface area contributed by atoms with Gasteiger partial charge in [-0.15, -0.1) is 0 Å². The topological polar surface area (TPSA) is 31.9 Å². The summed E-state index contributed by atoms with van der Waals surface area (Å²) in [4.78, 5) is 9.86. The Morgan fingerprint density at radius 3 is 2.93 bits per heavy atom. The molecule has 0 amide bonds. The summed E-state index contributed by atoms with van der Waals surface area (Å²) in [7, 11) is 0. The fourth-order valence-electron chi connectivity index (χ4n) is 2.03. The largest absolute Gasteiger partial charge is 0.348 e.